The molecule has 7 nitrogen and oxygen atoms in total. The molecule has 4 N–H and O–H groups in total. The van der Waals surface area contributed by atoms with E-state index in [1.165, 1.54) is 0 Å². The third-order valence-electron chi connectivity index (χ3n) is 6.78. The SMILES string of the molecule is Cc1cc2ncc3cc(-c4ccccc4)c(-c4ccc(C5(N)CC(O)(CO)C5)cc4)nc3n2n1. The lowest BCUT2D eigenvalue weighted by Gasteiger charge is -2.50. The van der Waals surface area contributed by atoms with Gasteiger partial charge in [0.05, 0.1) is 23.6 Å². The number of hydrogen-bond acceptors (Lipinski definition) is 6. The number of benzene rings is 2. The second kappa shape index (κ2) is 7.43. The Morgan fingerprint density at radius 2 is 1.74 bits per heavy atom. The molecular weight excluding hydrogens is 426 g/mol. The highest BCUT2D eigenvalue weighted by Crippen LogP contribution is 2.46. The van der Waals surface area contributed by atoms with E-state index >= 15 is 0 Å². The summed E-state index contributed by atoms with van der Waals surface area (Å²) < 4.78 is 1.79. The molecule has 6 rings (SSSR count). The third kappa shape index (κ3) is 3.28. The summed E-state index contributed by atoms with van der Waals surface area (Å²) in [7, 11) is 0. The zero-order chi connectivity index (χ0) is 23.5. The Kier molecular flexibility index (Phi) is 4.57. The maximum Gasteiger partial charge on any atom is 0.165 e. The molecule has 3 aromatic heterocycles. The number of aliphatic hydroxyl groups is 2. The Labute approximate surface area is 196 Å². The predicted molar refractivity (Wildman–Crippen MR) is 131 cm³/mol. The standard InChI is InChI=1S/C27H25N5O2/c1-17-11-23-29-13-20-12-22(18-5-3-2-4-6-18)24(30-25(20)32(23)31-17)19-7-9-21(10-8-19)27(28)14-26(34,15-27)16-33/h2-13,33-34H,14-16,28H2,1H3. The maximum absolute atomic E-state index is 10.2. The quantitative estimate of drug-likeness (QED) is 0.385. The van der Waals surface area contributed by atoms with Gasteiger partial charge in [0.25, 0.3) is 0 Å². The molecular formula is C27H25N5O2. The van der Waals surface area contributed by atoms with Crippen LogP contribution in [0, 0.1) is 6.92 Å². The van der Waals surface area contributed by atoms with Gasteiger partial charge in [-0.2, -0.15) is 9.61 Å². The highest BCUT2D eigenvalue weighted by atomic mass is 16.3. The number of fused-ring (bicyclic) bond motifs is 3. The summed E-state index contributed by atoms with van der Waals surface area (Å²) in [5, 5.41) is 25.1. The molecule has 1 fully saturated rings. The molecule has 170 valence electrons. The van der Waals surface area contributed by atoms with Gasteiger partial charge in [-0.3, -0.25) is 0 Å². The Morgan fingerprint density at radius 3 is 2.44 bits per heavy atom. The van der Waals surface area contributed by atoms with E-state index in [-0.39, 0.29) is 6.61 Å². The summed E-state index contributed by atoms with van der Waals surface area (Å²) in [5.41, 5.74) is 12.0. The van der Waals surface area contributed by atoms with E-state index in [1.807, 2.05) is 61.7 Å². The largest absolute Gasteiger partial charge is 0.393 e. The van der Waals surface area contributed by atoms with Crippen LogP contribution in [0.3, 0.4) is 0 Å². The van der Waals surface area contributed by atoms with Crippen molar-refractivity contribution in [2.45, 2.75) is 30.9 Å². The number of aliphatic hydroxyl groups excluding tert-OH is 1. The predicted octanol–water partition coefficient (Wildman–Crippen LogP) is 3.59. The van der Waals surface area contributed by atoms with Gasteiger partial charge in [-0.15, -0.1) is 0 Å². The van der Waals surface area contributed by atoms with Crippen LogP contribution >= 0.6 is 0 Å². The number of nitrogens with two attached hydrogens (primary N) is 1. The molecule has 5 aromatic rings. The van der Waals surface area contributed by atoms with Crippen molar-refractivity contribution in [3.63, 3.8) is 0 Å². The van der Waals surface area contributed by atoms with Crippen LogP contribution in [0.15, 0.2) is 72.9 Å². The van der Waals surface area contributed by atoms with Crippen molar-refractivity contribution in [2.24, 2.45) is 5.73 Å². The van der Waals surface area contributed by atoms with Gasteiger partial charge in [0.15, 0.2) is 11.3 Å². The lowest BCUT2D eigenvalue weighted by atomic mass is 9.62. The lowest BCUT2D eigenvalue weighted by Crippen LogP contribution is -2.61. The van der Waals surface area contributed by atoms with Crippen molar-refractivity contribution >= 4 is 16.7 Å². The van der Waals surface area contributed by atoms with E-state index < -0.39 is 11.1 Å². The lowest BCUT2D eigenvalue weighted by molar-refractivity contribution is -0.120. The second-order valence-electron chi connectivity index (χ2n) is 9.45. The van der Waals surface area contributed by atoms with Crippen LogP contribution in [0.25, 0.3) is 39.1 Å². The van der Waals surface area contributed by atoms with E-state index in [0.717, 1.165) is 50.3 Å². The molecule has 2 aromatic carbocycles. The summed E-state index contributed by atoms with van der Waals surface area (Å²) >= 11 is 0. The van der Waals surface area contributed by atoms with Gasteiger partial charge in [0, 0.05) is 47.2 Å². The van der Waals surface area contributed by atoms with Crippen LogP contribution in [0.5, 0.6) is 0 Å². The van der Waals surface area contributed by atoms with Crippen molar-refractivity contribution in [3.05, 3.63) is 84.2 Å². The molecule has 0 amide bonds. The molecule has 0 atom stereocenters. The molecule has 1 saturated carbocycles. The molecule has 0 spiro atoms. The van der Waals surface area contributed by atoms with Gasteiger partial charge in [-0.25, -0.2) is 9.97 Å². The Balaban J connectivity index is 1.50. The van der Waals surface area contributed by atoms with Crippen molar-refractivity contribution < 1.29 is 10.2 Å². The molecule has 1 aliphatic rings. The third-order valence-corrected chi connectivity index (χ3v) is 6.78. The minimum Gasteiger partial charge on any atom is -0.393 e. The van der Waals surface area contributed by atoms with Crippen LogP contribution in [-0.4, -0.2) is 42.0 Å². The zero-order valence-electron chi connectivity index (χ0n) is 18.8. The highest BCUT2D eigenvalue weighted by molar-refractivity contribution is 5.90. The fourth-order valence-corrected chi connectivity index (χ4v) is 5.11. The van der Waals surface area contributed by atoms with Crippen LogP contribution in [0.2, 0.25) is 0 Å². The van der Waals surface area contributed by atoms with Crippen LogP contribution in [-0.2, 0) is 5.54 Å². The molecule has 0 radical (unpaired) electrons. The average molecular weight is 452 g/mol. The van der Waals surface area contributed by atoms with Crippen molar-refractivity contribution in [3.8, 4) is 22.4 Å². The van der Waals surface area contributed by atoms with Crippen LogP contribution in [0.4, 0.5) is 0 Å². The second-order valence-corrected chi connectivity index (χ2v) is 9.45. The Morgan fingerprint density at radius 1 is 1.00 bits per heavy atom. The summed E-state index contributed by atoms with van der Waals surface area (Å²) in [6.07, 6.45) is 2.51. The summed E-state index contributed by atoms with van der Waals surface area (Å²) in [6.45, 7) is 1.67. The summed E-state index contributed by atoms with van der Waals surface area (Å²) in [6, 6.07) is 22.3. The van der Waals surface area contributed by atoms with Gasteiger partial charge in [-0.05, 0) is 24.1 Å². The van der Waals surface area contributed by atoms with E-state index in [4.69, 9.17) is 10.7 Å². The summed E-state index contributed by atoms with van der Waals surface area (Å²) in [4.78, 5) is 9.63. The van der Waals surface area contributed by atoms with Crippen LogP contribution in [0.1, 0.15) is 24.1 Å². The van der Waals surface area contributed by atoms with Crippen molar-refractivity contribution in [1.82, 2.24) is 19.6 Å². The fraction of sp³-hybridized carbons (Fsp3) is 0.222. The molecule has 34 heavy (non-hydrogen) atoms. The van der Waals surface area contributed by atoms with Gasteiger partial charge < -0.3 is 15.9 Å². The maximum atomic E-state index is 10.2. The molecule has 0 aliphatic heterocycles. The minimum absolute atomic E-state index is 0.276. The first-order valence-corrected chi connectivity index (χ1v) is 11.3. The normalized spacial score (nSPS) is 22.2. The molecule has 1 aliphatic carbocycles. The monoisotopic (exact) mass is 451 g/mol. The first-order valence-electron chi connectivity index (χ1n) is 11.3. The van der Waals surface area contributed by atoms with E-state index in [9.17, 15) is 10.2 Å². The topological polar surface area (TPSA) is 110 Å². The van der Waals surface area contributed by atoms with E-state index in [1.54, 1.807) is 4.52 Å². The number of rotatable bonds is 4. The average Bonchev–Trinajstić information content (AvgIpc) is 3.23. The zero-order valence-corrected chi connectivity index (χ0v) is 18.8. The summed E-state index contributed by atoms with van der Waals surface area (Å²) in [5.74, 6) is 0. The number of hydrogen-bond donors (Lipinski definition) is 3. The Hall–Kier alpha value is -3.65. The van der Waals surface area contributed by atoms with E-state index in [2.05, 4.69) is 28.3 Å². The molecule has 3 heterocycles. The van der Waals surface area contributed by atoms with Gasteiger partial charge in [0.1, 0.15) is 0 Å². The van der Waals surface area contributed by atoms with Gasteiger partial charge in [0.2, 0.25) is 0 Å². The van der Waals surface area contributed by atoms with Crippen LogP contribution < -0.4 is 5.73 Å². The first-order chi connectivity index (χ1) is 16.4. The van der Waals surface area contributed by atoms with E-state index in [0.29, 0.717) is 12.8 Å². The smallest absolute Gasteiger partial charge is 0.165 e. The molecule has 7 heteroatoms. The number of aryl methyl sites for hydroxylation is 1. The number of pyridine rings is 1. The van der Waals surface area contributed by atoms with Crippen molar-refractivity contribution in [1.29, 1.82) is 0 Å². The Bertz CT molecular complexity index is 1520. The highest BCUT2D eigenvalue weighted by Gasteiger charge is 2.52. The van der Waals surface area contributed by atoms with Gasteiger partial charge in [-0.1, -0.05) is 54.6 Å². The molecule has 0 saturated heterocycles. The van der Waals surface area contributed by atoms with Crippen molar-refractivity contribution in [2.75, 3.05) is 6.61 Å². The number of nitrogens with zero attached hydrogens (tertiary/aromatic N) is 4. The molecule has 0 bridgehead atoms. The first kappa shape index (κ1) is 20.9. The fourth-order valence-electron chi connectivity index (χ4n) is 5.11. The number of aromatic nitrogens is 4. The van der Waals surface area contributed by atoms with Gasteiger partial charge >= 0.3 is 0 Å². The molecule has 0 unspecified atom stereocenters. The minimum atomic E-state index is -1.09.